The second-order valence-corrected chi connectivity index (χ2v) is 13.3. The Kier molecular flexibility index (Phi) is 10.4. The number of hydrogen-bond acceptors (Lipinski definition) is 6. The molecule has 0 radical (unpaired) electrons. The topological polar surface area (TPSA) is 91.0 Å². The number of amides is 3. The summed E-state index contributed by atoms with van der Waals surface area (Å²) < 4.78 is 24.0. The predicted molar refractivity (Wildman–Crippen MR) is 170 cm³/mol. The molecule has 1 aromatic carbocycles. The van der Waals surface area contributed by atoms with Gasteiger partial charge >= 0.3 is 6.09 Å². The first-order valence-electron chi connectivity index (χ1n) is 16.7. The van der Waals surface area contributed by atoms with Gasteiger partial charge in [0.25, 0.3) is 0 Å². The van der Waals surface area contributed by atoms with Crippen molar-refractivity contribution < 1.29 is 21.9 Å². The van der Waals surface area contributed by atoms with E-state index in [1.807, 2.05) is 30.5 Å². The highest BCUT2D eigenvalue weighted by atomic mass is 35.5. The summed E-state index contributed by atoms with van der Waals surface area (Å²) in [6.45, 7) is 2.39. The van der Waals surface area contributed by atoms with E-state index in [1.54, 1.807) is 17.0 Å². The van der Waals surface area contributed by atoms with Crippen molar-refractivity contribution >= 4 is 40.8 Å². The zero-order valence-corrected chi connectivity index (χ0v) is 26.6. The minimum absolute atomic E-state index is 0.0466. The van der Waals surface area contributed by atoms with Crippen molar-refractivity contribution in [1.82, 2.24) is 20.4 Å². The Hall–Kier alpha value is -2.62. The summed E-state index contributed by atoms with van der Waals surface area (Å²) >= 11 is 7.90. The fraction of sp³-hybridized carbons (Fsp3) is 0.606. The number of benzene rings is 1. The third-order valence-electron chi connectivity index (χ3n) is 8.78. The molecule has 0 bridgehead atoms. The Bertz CT molecular complexity index is 1310. The summed E-state index contributed by atoms with van der Waals surface area (Å²) in [7, 11) is 0. The van der Waals surface area contributed by atoms with Crippen molar-refractivity contribution in [3.05, 3.63) is 51.2 Å². The minimum Gasteiger partial charge on any atom is -0.409 e. The molecule has 2 N–H and O–H groups in total. The molecule has 2 heterocycles. The number of rotatable bonds is 9. The number of nitrogens with one attached hydrogen (secondary N) is 2. The lowest BCUT2D eigenvalue weighted by Crippen LogP contribution is -2.64. The van der Waals surface area contributed by atoms with Crippen LogP contribution in [0.25, 0.3) is 0 Å². The quantitative estimate of drug-likeness (QED) is 0.339. The summed E-state index contributed by atoms with van der Waals surface area (Å²) in [4.78, 5) is 45.6. The molecular weight excluding hydrogens is 584 g/mol. The zero-order valence-electron chi connectivity index (χ0n) is 27.0. The zero-order chi connectivity index (χ0) is 32.0. The number of carbonyl (C=O) groups is 3. The standard InChI is InChI=1S/C33H45ClN4O4S/c1-23-10-8-16-29(30(23)34)42-33(41)37-17-18-38(28(22-37)31(39)35-21-26-15-9-19-43-26)32(40)27(20-24-11-4-2-5-12-24)36-25-13-6-3-7-14-25/h8-10,15-16,19,24-25,27-28,36H,2-7,11-14,17-18,20-22H2,1H3,(H,35,39)/t27-,28-/m0/s1/i24D,25D. The van der Waals surface area contributed by atoms with Gasteiger partial charge in [0, 0.05) is 26.7 Å². The fourth-order valence-corrected chi connectivity index (χ4v) is 7.12. The third kappa shape index (κ3) is 8.52. The van der Waals surface area contributed by atoms with Gasteiger partial charge < -0.3 is 25.2 Å². The Balaban J connectivity index is 1.37. The maximum atomic E-state index is 14.5. The van der Waals surface area contributed by atoms with Gasteiger partial charge in [-0.25, -0.2) is 4.79 Å². The van der Waals surface area contributed by atoms with Crippen LogP contribution in [0.4, 0.5) is 4.79 Å². The number of nitrogens with zero attached hydrogens (tertiary/aromatic N) is 2. The van der Waals surface area contributed by atoms with Crippen LogP contribution in [-0.4, -0.2) is 65.4 Å². The van der Waals surface area contributed by atoms with Gasteiger partial charge in [0.1, 0.15) is 6.04 Å². The maximum Gasteiger partial charge on any atom is 0.415 e. The van der Waals surface area contributed by atoms with E-state index >= 15 is 0 Å². The van der Waals surface area contributed by atoms with Gasteiger partial charge in [-0.1, -0.05) is 81.2 Å². The molecule has 10 heteroatoms. The number of thiophene rings is 1. The fourth-order valence-electron chi connectivity index (χ4n) is 6.31. The molecule has 1 aromatic heterocycles. The number of hydrogen-bond donors (Lipinski definition) is 2. The molecule has 0 spiro atoms. The number of carbonyl (C=O) groups excluding carboxylic acids is 3. The van der Waals surface area contributed by atoms with Crippen molar-refractivity contribution in [3.8, 4) is 5.75 Å². The molecule has 3 fully saturated rings. The van der Waals surface area contributed by atoms with Crippen LogP contribution < -0.4 is 15.4 Å². The first kappa shape index (κ1) is 29.1. The van der Waals surface area contributed by atoms with Crippen molar-refractivity contribution in [1.29, 1.82) is 0 Å². The lowest BCUT2D eigenvalue weighted by Gasteiger charge is -2.42. The summed E-state index contributed by atoms with van der Waals surface area (Å²) in [5.74, 6) is -1.16. The van der Waals surface area contributed by atoms with E-state index in [0.29, 0.717) is 30.8 Å². The van der Waals surface area contributed by atoms with E-state index in [-0.39, 0.29) is 37.2 Å². The molecule has 3 aliphatic rings. The van der Waals surface area contributed by atoms with Gasteiger partial charge in [-0.3, -0.25) is 9.59 Å². The van der Waals surface area contributed by atoms with Crippen molar-refractivity contribution in [2.75, 3.05) is 19.6 Å². The third-order valence-corrected chi connectivity index (χ3v) is 10.1. The average molecular weight is 631 g/mol. The number of aryl methyl sites for hydroxylation is 1. The molecule has 2 aromatic rings. The number of halogens is 1. The van der Waals surface area contributed by atoms with Crippen molar-refractivity contribution in [3.63, 3.8) is 0 Å². The van der Waals surface area contributed by atoms with Gasteiger partial charge in [-0.2, -0.15) is 0 Å². The van der Waals surface area contributed by atoms with E-state index in [0.717, 1.165) is 61.8 Å². The largest absolute Gasteiger partial charge is 0.415 e. The monoisotopic (exact) mass is 630 g/mol. The van der Waals surface area contributed by atoms with Crippen LogP contribution in [0.3, 0.4) is 0 Å². The lowest BCUT2D eigenvalue weighted by molar-refractivity contribution is -0.145. The lowest BCUT2D eigenvalue weighted by atomic mass is 9.83. The van der Waals surface area contributed by atoms with Crippen LogP contribution in [0.2, 0.25) is 5.02 Å². The molecule has 3 amide bonds. The SMILES string of the molecule is [2H]C1(C[C@H](NC2([2H])CCCCC2)C(=O)N2CCN(C(=O)Oc3cccc(C)c3Cl)C[C@H]2C(=O)NCc2cccs2)CCCCC1. The molecule has 2 aliphatic carbocycles. The van der Waals surface area contributed by atoms with Crippen molar-refractivity contribution in [2.45, 2.75) is 102 Å². The molecule has 2 saturated carbocycles. The molecule has 1 aliphatic heterocycles. The summed E-state index contributed by atoms with van der Waals surface area (Å²) in [5.41, 5.74) is 0.775. The second-order valence-electron chi connectivity index (χ2n) is 11.9. The van der Waals surface area contributed by atoms with Gasteiger partial charge in [0.05, 0.1) is 24.2 Å². The Morgan fingerprint density at radius 1 is 1.05 bits per heavy atom. The molecule has 0 unspecified atom stereocenters. The predicted octanol–water partition coefficient (Wildman–Crippen LogP) is 6.30. The van der Waals surface area contributed by atoms with Crippen LogP contribution in [0.15, 0.2) is 35.7 Å². The van der Waals surface area contributed by atoms with Crippen LogP contribution in [0, 0.1) is 12.8 Å². The molecule has 5 rings (SSSR count). The minimum atomic E-state index is -0.961. The van der Waals surface area contributed by atoms with Gasteiger partial charge in [-0.15, -0.1) is 11.3 Å². The smallest absolute Gasteiger partial charge is 0.409 e. The van der Waals surface area contributed by atoms with Crippen molar-refractivity contribution in [2.24, 2.45) is 5.89 Å². The molecular formula is C33H45ClN4O4S. The Morgan fingerprint density at radius 2 is 1.79 bits per heavy atom. The van der Waals surface area contributed by atoms with Gasteiger partial charge in [0.2, 0.25) is 11.8 Å². The Labute approximate surface area is 267 Å². The molecule has 8 nitrogen and oxygen atoms in total. The highest BCUT2D eigenvalue weighted by Gasteiger charge is 2.41. The van der Waals surface area contributed by atoms with Crippen LogP contribution in [-0.2, 0) is 16.1 Å². The highest BCUT2D eigenvalue weighted by molar-refractivity contribution is 7.09. The first-order valence-corrected chi connectivity index (χ1v) is 16.9. The van der Waals surface area contributed by atoms with Crippen LogP contribution in [0.5, 0.6) is 5.75 Å². The molecule has 234 valence electrons. The van der Waals surface area contributed by atoms with E-state index in [1.165, 1.54) is 16.2 Å². The Morgan fingerprint density at radius 3 is 2.51 bits per heavy atom. The summed E-state index contributed by atoms with van der Waals surface area (Å²) in [6, 6.07) is 6.37. The number of piperazine rings is 1. The number of ether oxygens (including phenoxy) is 1. The summed E-state index contributed by atoms with van der Waals surface area (Å²) in [6.07, 6.45) is 8.29. The van der Waals surface area contributed by atoms with E-state index in [4.69, 9.17) is 17.7 Å². The van der Waals surface area contributed by atoms with Crippen LogP contribution >= 0.6 is 22.9 Å². The van der Waals surface area contributed by atoms with E-state index in [9.17, 15) is 15.8 Å². The van der Waals surface area contributed by atoms with Gasteiger partial charge in [0.15, 0.2) is 5.75 Å². The second kappa shape index (κ2) is 15.4. The van der Waals surface area contributed by atoms with Crippen LogP contribution in [0.1, 0.15) is 83.8 Å². The average Bonchev–Trinajstić information content (AvgIpc) is 3.55. The normalized spacial score (nSPS) is 23.1. The highest BCUT2D eigenvalue weighted by Crippen LogP contribution is 2.30. The first-order chi connectivity index (χ1) is 21.6. The van der Waals surface area contributed by atoms with E-state index in [2.05, 4.69) is 10.6 Å². The molecule has 2 atom stereocenters. The van der Waals surface area contributed by atoms with Gasteiger partial charge in [-0.05, 0) is 55.2 Å². The molecule has 1 saturated heterocycles. The maximum absolute atomic E-state index is 14.5. The molecule has 43 heavy (non-hydrogen) atoms. The van der Waals surface area contributed by atoms with E-state index < -0.39 is 30.1 Å². The summed E-state index contributed by atoms with van der Waals surface area (Å²) in [5, 5.41) is 8.65.